The van der Waals surface area contributed by atoms with Gasteiger partial charge in [-0.05, 0) is 50.0 Å². The van der Waals surface area contributed by atoms with E-state index in [-0.39, 0.29) is 6.10 Å². The zero-order valence-electron chi connectivity index (χ0n) is 12.3. The van der Waals surface area contributed by atoms with Crippen molar-refractivity contribution in [1.29, 1.82) is 0 Å². The van der Waals surface area contributed by atoms with Crippen LogP contribution in [-0.2, 0) is 11.3 Å². The average molecular weight is 297 g/mol. The summed E-state index contributed by atoms with van der Waals surface area (Å²) < 4.78 is 5.63. The number of carboxylic acids is 1. The summed E-state index contributed by atoms with van der Waals surface area (Å²) in [5, 5.41) is 12.2. The maximum absolute atomic E-state index is 11.1. The highest BCUT2D eigenvalue weighted by atomic mass is 32.2. The maximum atomic E-state index is 11.1. The first-order chi connectivity index (χ1) is 9.52. The molecule has 20 heavy (non-hydrogen) atoms. The number of carbonyl (C=O) groups is 1. The number of rotatable bonds is 9. The lowest BCUT2D eigenvalue weighted by molar-refractivity contribution is -0.139. The van der Waals surface area contributed by atoms with E-state index in [2.05, 4.69) is 5.32 Å². The minimum atomic E-state index is -0.798. The lowest BCUT2D eigenvalue weighted by Gasteiger charge is -2.15. The monoisotopic (exact) mass is 297 g/mol. The Morgan fingerprint density at radius 2 is 2.20 bits per heavy atom. The molecule has 0 bridgehead atoms. The highest BCUT2D eigenvalue weighted by Gasteiger charge is 2.15. The Labute approximate surface area is 124 Å². The molecule has 0 spiro atoms. The summed E-state index contributed by atoms with van der Waals surface area (Å²) in [6.45, 7) is 4.49. The van der Waals surface area contributed by atoms with E-state index in [1.165, 1.54) is 0 Å². The minimum Gasteiger partial charge on any atom is -0.491 e. The van der Waals surface area contributed by atoms with Crippen molar-refractivity contribution < 1.29 is 14.6 Å². The van der Waals surface area contributed by atoms with Gasteiger partial charge in [0.1, 0.15) is 11.8 Å². The quantitative estimate of drug-likeness (QED) is 0.734. The molecule has 0 saturated heterocycles. The fourth-order valence-electron chi connectivity index (χ4n) is 1.79. The molecule has 1 aromatic rings. The number of aliphatic carboxylic acids is 1. The van der Waals surface area contributed by atoms with E-state index in [9.17, 15) is 4.79 Å². The van der Waals surface area contributed by atoms with Crippen LogP contribution in [0, 0.1) is 0 Å². The van der Waals surface area contributed by atoms with Gasteiger partial charge in [-0.15, -0.1) is 0 Å². The number of thioether (sulfide) groups is 1. The first kappa shape index (κ1) is 16.9. The molecule has 0 radical (unpaired) electrons. The third-order valence-electron chi connectivity index (χ3n) is 2.73. The molecule has 0 saturated carbocycles. The van der Waals surface area contributed by atoms with Crippen LogP contribution < -0.4 is 10.1 Å². The predicted molar refractivity (Wildman–Crippen MR) is 83.5 cm³/mol. The molecule has 112 valence electrons. The molecule has 0 aliphatic carbocycles. The van der Waals surface area contributed by atoms with Crippen LogP contribution in [0.3, 0.4) is 0 Å². The summed E-state index contributed by atoms with van der Waals surface area (Å²) in [5.74, 6) is 0.851. The van der Waals surface area contributed by atoms with E-state index >= 15 is 0 Å². The van der Waals surface area contributed by atoms with Crippen LogP contribution in [0.25, 0.3) is 0 Å². The van der Waals surface area contributed by atoms with Gasteiger partial charge in [-0.2, -0.15) is 11.8 Å². The molecule has 2 N–H and O–H groups in total. The molecule has 0 fully saturated rings. The minimum absolute atomic E-state index is 0.131. The fraction of sp³-hybridized carbons (Fsp3) is 0.533. The molecular weight excluding hydrogens is 274 g/mol. The highest BCUT2D eigenvalue weighted by Crippen LogP contribution is 2.15. The third kappa shape index (κ3) is 6.30. The van der Waals surface area contributed by atoms with Crippen molar-refractivity contribution in [3.05, 3.63) is 29.8 Å². The first-order valence-electron chi connectivity index (χ1n) is 6.73. The number of nitrogens with one attached hydrogen (secondary N) is 1. The summed E-state index contributed by atoms with van der Waals surface area (Å²) in [6, 6.07) is 7.24. The van der Waals surface area contributed by atoms with Crippen LogP contribution in [0.15, 0.2) is 24.3 Å². The number of ether oxygens (including phenoxy) is 1. The third-order valence-corrected chi connectivity index (χ3v) is 3.38. The van der Waals surface area contributed by atoms with Crippen molar-refractivity contribution in [2.45, 2.75) is 39.0 Å². The largest absolute Gasteiger partial charge is 0.491 e. The molecule has 1 aromatic carbocycles. The Hall–Kier alpha value is -1.20. The van der Waals surface area contributed by atoms with Crippen LogP contribution in [0.1, 0.15) is 25.8 Å². The van der Waals surface area contributed by atoms with Gasteiger partial charge in [0, 0.05) is 6.54 Å². The molecule has 0 aliphatic rings. The topological polar surface area (TPSA) is 58.6 Å². The van der Waals surface area contributed by atoms with Crippen molar-refractivity contribution in [2.24, 2.45) is 0 Å². The molecule has 5 heteroatoms. The van der Waals surface area contributed by atoms with E-state index in [1.54, 1.807) is 11.8 Å². The summed E-state index contributed by atoms with van der Waals surface area (Å²) >= 11 is 1.65. The maximum Gasteiger partial charge on any atom is 0.320 e. The highest BCUT2D eigenvalue weighted by molar-refractivity contribution is 7.98. The second kappa shape index (κ2) is 8.87. The SMILES string of the molecule is CSCC[C@@H](NCc1cccc(OC(C)C)c1)C(=O)O. The van der Waals surface area contributed by atoms with Gasteiger partial charge in [-0.3, -0.25) is 4.79 Å². The molecule has 0 unspecified atom stereocenters. The van der Waals surface area contributed by atoms with Crippen LogP contribution in [-0.4, -0.2) is 35.2 Å². The molecule has 4 nitrogen and oxygen atoms in total. The number of hydrogen-bond donors (Lipinski definition) is 2. The Bertz CT molecular complexity index is 423. The van der Waals surface area contributed by atoms with Gasteiger partial charge in [0.05, 0.1) is 6.10 Å². The normalized spacial score (nSPS) is 12.4. The van der Waals surface area contributed by atoms with Gasteiger partial charge >= 0.3 is 5.97 Å². The van der Waals surface area contributed by atoms with E-state index in [1.807, 2.05) is 44.4 Å². The molecule has 0 aromatic heterocycles. The fourth-order valence-corrected chi connectivity index (χ4v) is 2.26. The van der Waals surface area contributed by atoms with Crippen LogP contribution in [0.2, 0.25) is 0 Å². The summed E-state index contributed by atoms with van der Waals surface area (Å²) in [7, 11) is 0. The Morgan fingerprint density at radius 1 is 1.45 bits per heavy atom. The van der Waals surface area contributed by atoms with Crippen LogP contribution in [0.5, 0.6) is 5.75 Å². The second-order valence-electron chi connectivity index (χ2n) is 4.87. The molecule has 0 aliphatic heterocycles. The van der Waals surface area contributed by atoms with Gasteiger partial charge < -0.3 is 15.2 Å². The van der Waals surface area contributed by atoms with E-state index in [0.29, 0.717) is 13.0 Å². The van der Waals surface area contributed by atoms with Crippen molar-refractivity contribution >= 4 is 17.7 Å². The van der Waals surface area contributed by atoms with E-state index in [4.69, 9.17) is 9.84 Å². The van der Waals surface area contributed by atoms with Gasteiger partial charge in [0.25, 0.3) is 0 Å². The van der Waals surface area contributed by atoms with Crippen LogP contribution in [0.4, 0.5) is 0 Å². The number of carboxylic acid groups (broad SMARTS) is 1. The van der Waals surface area contributed by atoms with E-state index in [0.717, 1.165) is 17.1 Å². The Kier molecular flexibility index (Phi) is 7.47. The second-order valence-corrected chi connectivity index (χ2v) is 5.85. The smallest absolute Gasteiger partial charge is 0.320 e. The summed E-state index contributed by atoms with van der Waals surface area (Å²) in [4.78, 5) is 11.1. The Morgan fingerprint density at radius 3 is 2.80 bits per heavy atom. The van der Waals surface area contributed by atoms with Gasteiger partial charge in [-0.25, -0.2) is 0 Å². The van der Waals surface area contributed by atoms with Crippen molar-refractivity contribution in [2.75, 3.05) is 12.0 Å². The molecular formula is C15H23NO3S. The van der Waals surface area contributed by atoms with Gasteiger partial charge in [-0.1, -0.05) is 12.1 Å². The average Bonchev–Trinajstić information content (AvgIpc) is 2.38. The lowest BCUT2D eigenvalue weighted by atomic mass is 10.1. The Balaban J connectivity index is 2.56. The van der Waals surface area contributed by atoms with Gasteiger partial charge in [0.2, 0.25) is 0 Å². The standard InChI is InChI=1S/C15H23NO3S/c1-11(2)19-13-6-4-5-12(9-13)10-16-14(15(17)18)7-8-20-3/h4-6,9,11,14,16H,7-8,10H2,1-3H3,(H,17,18)/t14-/m1/s1. The lowest BCUT2D eigenvalue weighted by Crippen LogP contribution is -2.36. The van der Waals surface area contributed by atoms with Crippen LogP contribution >= 0.6 is 11.8 Å². The molecule has 1 atom stereocenters. The zero-order chi connectivity index (χ0) is 15.0. The zero-order valence-corrected chi connectivity index (χ0v) is 13.1. The molecule has 1 rings (SSSR count). The summed E-state index contributed by atoms with van der Waals surface area (Å²) in [5.41, 5.74) is 1.03. The van der Waals surface area contributed by atoms with Crippen molar-refractivity contribution in [1.82, 2.24) is 5.32 Å². The van der Waals surface area contributed by atoms with E-state index < -0.39 is 12.0 Å². The molecule has 0 heterocycles. The van der Waals surface area contributed by atoms with Crippen molar-refractivity contribution in [3.63, 3.8) is 0 Å². The summed E-state index contributed by atoms with van der Waals surface area (Å²) in [6.07, 6.45) is 2.73. The first-order valence-corrected chi connectivity index (χ1v) is 8.13. The predicted octanol–water partition coefficient (Wildman–Crippen LogP) is 2.77. The molecule has 0 amide bonds. The number of hydrogen-bond acceptors (Lipinski definition) is 4. The van der Waals surface area contributed by atoms with Crippen molar-refractivity contribution in [3.8, 4) is 5.75 Å². The van der Waals surface area contributed by atoms with Gasteiger partial charge in [0.15, 0.2) is 0 Å². The number of benzene rings is 1.